The van der Waals surface area contributed by atoms with Crippen LogP contribution >= 0.6 is 11.6 Å². The van der Waals surface area contributed by atoms with Gasteiger partial charge in [-0.2, -0.15) is 0 Å². The molecule has 0 amide bonds. The fraction of sp³-hybridized carbons (Fsp3) is 0.562. The number of aliphatic imine (C=N–C) groups is 1. The Morgan fingerprint density at radius 3 is 2.38 bits per heavy atom. The molecule has 0 aliphatic heterocycles. The van der Waals surface area contributed by atoms with E-state index in [1.807, 2.05) is 12.1 Å². The highest BCUT2D eigenvalue weighted by Crippen LogP contribution is 2.09. The van der Waals surface area contributed by atoms with Gasteiger partial charge in [0.2, 0.25) is 0 Å². The fourth-order valence-electron chi connectivity index (χ4n) is 1.81. The number of likely N-dealkylation sites (N-methyl/N-ethyl adjacent to an activating group) is 1. The molecular formula is C16H27ClN4. The van der Waals surface area contributed by atoms with E-state index >= 15 is 0 Å². The molecule has 0 unspecified atom stereocenters. The highest BCUT2D eigenvalue weighted by atomic mass is 35.5. The lowest BCUT2D eigenvalue weighted by molar-refractivity contribution is 0.278. The van der Waals surface area contributed by atoms with Crippen molar-refractivity contribution in [2.75, 3.05) is 33.7 Å². The number of benzene rings is 1. The molecule has 4 nitrogen and oxygen atoms in total. The minimum absolute atomic E-state index is 0.562. The normalized spacial score (nSPS) is 12.0. The van der Waals surface area contributed by atoms with E-state index in [-0.39, 0.29) is 0 Å². The molecule has 0 bridgehead atoms. The average molecular weight is 311 g/mol. The first-order valence-corrected chi connectivity index (χ1v) is 7.80. The lowest BCUT2D eigenvalue weighted by Crippen LogP contribution is -2.42. The highest BCUT2D eigenvalue weighted by molar-refractivity contribution is 6.30. The molecule has 0 saturated carbocycles. The van der Waals surface area contributed by atoms with E-state index in [1.54, 1.807) is 7.05 Å². The quantitative estimate of drug-likeness (QED) is 0.600. The topological polar surface area (TPSA) is 39.7 Å². The van der Waals surface area contributed by atoms with Crippen molar-refractivity contribution < 1.29 is 0 Å². The number of hydrogen-bond donors (Lipinski definition) is 2. The molecule has 0 aliphatic carbocycles. The van der Waals surface area contributed by atoms with Gasteiger partial charge in [0.1, 0.15) is 0 Å². The van der Waals surface area contributed by atoms with Gasteiger partial charge >= 0.3 is 0 Å². The first kappa shape index (κ1) is 17.8. The molecule has 5 heteroatoms. The van der Waals surface area contributed by atoms with E-state index in [9.17, 15) is 0 Å². The minimum Gasteiger partial charge on any atom is -0.356 e. The van der Waals surface area contributed by atoms with E-state index in [2.05, 4.69) is 53.6 Å². The Balaban J connectivity index is 2.24. The summed E-state index contributed by atoms with van der Waals surface area (Å²) in [5.41, 5.74) is 1.27. The fourth-order valence-corrected chi connectivity index (χ4v) is 1.93. The molecule has 0 aliphatic rings. The monoisotopic (exact) mass is 310 g/mol. The van der Waals surface area contributed by atoms with Gasteiger partial charge in [0.15, 0.2) is 5.96 Å². The number of rotatable bonds is 7. The predicted molar refractivity (Wildman–Crippen MR) is 92.3 cm³/mol. The maximum Gasteiger partial charge on any atom is 0.191 e. The Morgan fingerprint density at radius 2 is 1.81 bits per heavy atom. The first-order valence-electron chi connectivity index (χ1n) is 7.42. The Morgan fingerprint density at radius 1 is 1.19 bits per heavy atom. The summed E-state index contributed by atoms with van der Waals surface area (Å²) in [6, 6.07) is 8.51. The van der Waals surface area contributed by atoms with Gasteiger partial charge in [0, 0.05) is 37.7 Å². The lowest BCUT2D eigenvalue weighted by atomic mass is 10.1. The van der Waals surface area contributed by atoms with Crippen molar-refractivity contribution in [2.24, 2.45) is 4.99 Å². The molecule has 1 aromatic rings. The van der Waals surface area contributed by atoms with Gasteiger partial charge in [-0.05, 0) is 45.0 Å². The summed E-state index contributed by atoms with van der Waals surface area (Å²) in [4.78, 5) is 6.53. The van der Waals surface area contributed by atoms with Crippen LogP contribution in [0.4, 0.5) is 0 Å². The Hall–Kier alpha value is -1.26. The molecule has 0 aromatic heterocycles. The number of halogens is 1. The van der Waals surface area contributed by atoms with E-state index in [0.29, 0.717) is 6.04 Å². The van der Waals surface area contributed by atoms with Crippen LogP contribution in [-0.4, -0.2) is 50.6 Å². The molecule has 0 spiro atoms. The number of guanidine groups is 1. The summed E-state index contributed by atoms with van der Waals surface area (Å²) in [5.74, 6) is 0.848. The molecular weight excluding hydrogens is 284 g/mol. The van der Waals surface area contributed by atoms with Crippen LogP contribution < -0.4 is 10.6 Å². The number of nitrogens with zero attached hydrogens (tertiary/aromatic N) is 2. The molecule has 2 N–H and O–H groups in total. The summed E-state index contributed by atoms with van der Waals surface area (Å²) >= 11 is 5.87. The average Bonchev–Trinajstić information content (AvgIpc) is 2.47. The largest absolute Gasteiger partial charge is 0.356 e. The summed E-state index contributed by atoms with van der Waals surface area (Å²) < 4.78 is 0. The van der Waals surface area contributed by atoms with Crippen LogP contribution in [0.1, 0.15) is 19.4 Å². The van der Waals surface area contributed by atoms with E-state index < -0.39 is 0 Å². The van der Waals surface area contributed by atoms with Crippen molar-refractivity contribution in [2.45, 2.75) is 26.3 Å². The van der Waals surface area contributed by atoms with Crippen molar-refractivity contribution in [1.82, 2.24) is 15.5 Å². The Bertz CT molecular complexity index is 428. The highest BCUT2D eigenvalue weighted by Gasteiger charge is 2.03. The van der Waals surface area contributed by atoms with E-state index in [4.69, 9.17) is 11.6 Å². The van der Waals surface area contributed by atoms with Crippen molar-refractivity contribution in [3.05, 3.63) is 34.9 Å². The lowest BCUT2D eigenvalue weighted by Gasteiger charge is -2.21. The molecule has 0 heterocycles. The van der Waals surface area contributed by atoms with Gasteiger partial charge in [-0.3, -0.25) is 4.99 Å². The number of hydrogen-bond acceptors (Lipinski definition) is 2. The summed E-state index contributed by atoms with van der Waals surface area (Å²) in [6.07, 6.45) is 0.948. The van der Waals surface area contributed by atoms with Crippen molar-refractivity contribution in [3.63, 3.8) is 0 Å². The van der Waals surface area contributed by atoms with Crippen molar-refractivity contribution in [1.29, 1.82) is 0 Å². The molecule has 21 heavy (non-hydrogen) atoms. The van der Waals surface area contributed by atoms with Crippen LogP contribution in [0.2, 0.25) is 5.02 Å². The van der Waals surface area contributed by atoms with Crippen LogP contribution in [0.15, 0.2) is 29.3 Å². The molecule has 0 saturated heterocycles. The third kappa shape index (κ3) is 7.34. The summed E-state index contributed by atoms with van der Waals surface area (Å²) in [7, 11) is 3.92. The van der Waals surface area contributed by atoms with Gasteiger partial charge in [-0.15, -0.1) is 0 Å². The third-order valence-electron chi connectivity index (χ3n) is 3.48. The second-order valence-electron chi connectivity index (χ2n) is 5.38. The van der Waals surface area contributed by atoms with Crippen LogP contribution in [-0.2, 0) is 6.42 Å². The Labute approximate surface area is 133 Å². The van der Waals surface area contributed by atoms with Gasteiger partial charge < -0.3 is 15.5 Å². The van der Waals surface area contributed by atoms with Crippen LogP contribution in [0.5, 0.6) is 0 Å². The standard InChI is InChI=1S/C16H27ClN4/c1-13(2)21(4)12-11-20-16(18-3)19-10-9-14-5-7-15(17)8-6-14/h5-8,13H,9-12H2,1-4H3,(H2,18,19,20). The van der Waals surface area contributed by atoms with Crippen molar-refractivity contribution in [3.8, 4) is 0 Å². The zero-order chi connectivity index (χ0) is 15.7. The third-order valence-corrected chi connectivity index (χ3v) is 3.73. The second kappa shape index (κ2) is 9.64. The van der Waals surface area contributed by atoms with Gasteiger partial charge in [-0.1, -0.05) is 23.7 Å². The maximum atomic E-state index is 5.87. The molecule has 1 rings (SSSR count). The molecule has 0 radical (unpaired) electrons. The van der Waals surface area contributed by atoms with E-state index in [1.165, 1.54) is 5.56 Å². The van der Waals surface area contributed by atoms with E-state index in [0.717, 1.165) is 37.0 Å². The molecule has 0 fully saturated rings. The van der Waals surface area contributed by atoms with Crippen LogP contribution in [0.25, 0.3) is 0 Å². The number of nitrogens with one attached hydrogen (secondary N) is 2. The summed E-state index contributed by atoms with van der Waals surface area (Å²) in [6.45, 7) is 7.12. The minimum atomic E-state index is 0.562. The van der Waals surface area contributed by atoms with Gasteiger partial charge in [0.05, 0.1) is 0 Å². The predicted octanol–water partition coefficient (Wildman–Crippen LogP) is 2.39. The SMILES string of the molecule is CN=C(NCCc1ccc(Cl)cc1)NCCN(C)C(C)C. The van der Waals surface area contributed by atoms with Crippen molar-refractivity contribution >= 4 is 17.6 Å². The molecule has 1 aromatic carbocycles. The molecule has 118 valence electrons. The summed E-state index contributed by atoms with van der Waals surface area (Å²) in [5, 5.41) is 7.43. The second-order valence-corrected chi connectivity index (χ2v) is 5.81. The van der Waals surface area contributed by atoms with Gasteiger partial charge in [-0.25, -0.2) is 0 Å². The maximum absolute atomic E-state index is 5.87. The van der Waals surface area contributed by atoms with Crippen LogP contribution in [0.3, 0.4) is 0 Å². The molecule has 0 atom stereocenters. The van der Waals surface area contributed by atoms with Crippen LogP contribution in [0, 0.1) is 0 Å². The zero-order valence-electron chi connectivity index (χ0n) is 13.5. The smallest absolute Gasteiger partial charge is 0.191 e. The Kier molecular flexibility index (Phi) is 8.16. The first-order chi connectivity index (χ1) is 10.0. The van der Waals surface area contributed by atoms with Gasteiger partial charge in [0.25, 0.3) is 0 Å². The zero-order valence-corrected chi connectivity index (χ0v) is 14.2.